The van der Waals surface area contributed by atoms with Crippen LogP contribution in [-0.2, 0) is 12.8 Å². The zero-order valence-electron chi connectivity index (χ0n) is 8.90. The Kier molecular flexibility index (Phi) is 3.08. The number of nitrogens with one attached hydrogen (secondary N) is 1. The first kappa shape index (κ1) is 11.3. The average molecular weight is 229 g/mol. The summed E-state index contributed by atoms with van der Waals surface area (Å²) in [4.78, 5) is 0. The highest BCUT2D eigenvalue weighted by molar-refractivity contribution is 5.49. The van der Waals surface area contributed by atoms with Gasteiger partial charge in [0.05, 0.1) is 0 Å². The lowest BCUT2D eigenvalue weighted by molar-refractivity contribution is -0.115. The molecule has 1 aromatic carbocycles. The lowest BCUT2D eigenvalue weighted by atomic mass is 9.91. The van der Waals surface area contributed by atoms with Gasteiger partial charge in [0.1, 0.15) is 6.54 Å². The van der Waals surface area contributed by atoms with E-state index < -0.39 is 12.7 Å². The fourth-order valence-electron chi connectivity index (χ4n) is 2.05. The van der Waals surface area contributed by atoms with E-state index in [2.05, 4.69) is 5.32 Å². The maximum atomic E-state index is 12.0. The van der Waals surface area contributed by atoms with Crippen LogP contribution in [0.4, 0.5) is 18.9 Å². The van der Waals surface area contributed by atoms with E-state index in [0.717, 1.165) is 19.3 Å². The molecular formula is C12H14F3N. The topological polar surface area (TPSA) is 12.0 Å². The van der Waals surface area contributed by atoms with Crippen LogP contribution in [0.3, 0.4) is 0 Å². The number of alkyl halides is 3. The van der Waals surface area contributed by atoms with Crippen molar-refractivity contribution in [2.24, 2.45) is 0 Å². The van der Waals surface area contributed by atoms with Crippen molar-refractivity contribution in [2.75, 3.05) is 11.9 Å². The molecule has 0 atom stereocenters. The summed E-state index contributed by atoms with van der Waals surface area (Å²) >= 11 is 0. The molecule has 1 aromatic rings. The molecule has 0 saturated heterocycles. The van der Waals surface area contributed by atoms with Gasteiger partial charge in [-0.1, -0.05) is 6.07 Å². The number of hydrogen-bond acceptors (Lipinski definition) is 1. The van der Waals surface area contributed by atoms with Crippen molar-refractivity contribution in [1.29, 1.82) is 0 Å². The van der Waals surface area contributed by atoms with Crippen molar-refractivity contribution in [3.63, 3.8) is 0 Å². The molecule has 0 aromatic heterocycles. The molecule has 1 N–H and O–H groups in total. The van der Waals surface area contributed by atoms with Gasteiger partial charge in [0.2, 0.25) is 0 Å². The zero-order chi connectivity index (χ0) is 11.6. The van der Waals surface area contributed by atoms with E-state index in [1.165, 1.54) is 17.5 Å². The molecule has 1 aliphatic carbocycles. The Morgan fingerprint density at radius 1 is 1.06 bits per heavy atom. The molecule has 0 fully saturated rings. The molecule has 1 nitrogen and oxygen atoms in total. The number of hydrogen-bond donors (Lipinski definition) is 1. The molecule has 0 spiro atoms. The second kappa shape index (κ2) is 4.36. The van der Waals surface area contributed by atoms with Crippen LogP contribution in [0.2, 0.25) is 0 Å². The largest absolute Gasteiger partial charge is 0.405 e. The van der Waals surface area contributed by atoms with Crippen molar-refractivity contribution >= 4 is 5.69 Å². The smallest absolute Gasteiger partial charge is 0.376 e. The van der Waals surface area contributed by atoms with Crippen LogP contribution in [0.5, 0.6) is 0 Å². The minimum atomic E-state index is -4.16. The number of anilines is 1. The van der Waals surface area contributed by atoms with Gasteiger partial charge >= 0.3 is 6.18 Å². The molecule has 0 saturated carbocycles. The minimum Gasteiger partial charge on any atom is -0.376 e. The number of benzene rings is 1. The highest BCUT2D eigenvalue weighted by Crippen LogP contribution is 2.25. The Labute approximate surface area is 92.7 Å². The van der Waals surface area contributed by atoms with Crippen molar-refractivity contribution in [2.45, 2.75) is 31.9 Å². The maximum absolute atomic E-state index is 12.0. The summed E-state index contributed by atoms with van der Waals surface area (Å²) in [5.41, 5.74) is 3.04. The van der Waals surface area contributed by atoms with Crippen LogP contribution in [0.25, 0.3) is 0 Å². The van der Waals surface area contributed by atoms with Gasteiger partial charge < -0.3 is 5.32 Å². The number of aryl methyl sites for hydroxylation is 2. The van der Waals surface area contributed by atoms with E-state index in [4.69, 9.17) is 0 Å². The van der Waals surface area contributed by atoms with Gasteiger partial charge in [0.15, 0.2) is 0 Å². The number of halogens is 3. The van der Waals surface area contributed by atoms with E-state index in [-0.39, 0.29) is 0 Å². The summed E-state index contributed by atoms with van der Waals surface area (Å²) in [6.45, 7) is -0.966. The molecule has 16 heavy (non-hydrogen) atoms. The van der Waals surface area contributed by atoms with Gasteiger partial charge in [-0.05, 0) is 48.9 Å². The van der Waals surface area contributed by atoms with Crippen LogP contribution in [0.15, 0.2) is 18.2 Å². The van der Waals surface area contributed by atoms with Crippen molar-refractivity contribution < 1.29 is 13.2 Å². The Morgan fingerprint density at radius 3 is 2.44 bits per heavy atom. The van der Waals surface area contributed by atoms with Crippen LogP contribution < -0.4 is 5.32 Å². The monoisotopic (exact) mass is 229 g/mol. The first-order valence-corrected chi connectivity index (χ1v) is 5.47. The molecule has 0 amide bonds. The minimum absolute atomic E-state index is 0.568. The average Bonchev–Trinajstić information content (AvgIpc) is 2.25. The molecule has 88 valence electrons. The summed E-state index contributed by atoms with van der Waals surface area (Å²) in [6.07, 6.45) is 0.194. The lowest BCUT2D eigenvalue weighted by Crippen LogP contribution is -2.21. The molecule has 0 bridgehead atoms. The van der Waals surface area contributed by atoms with E-state index in [1.807, 2.05) is 12.1 Å². The van der Waals surface area contributed by atoms with E-state index >= 15 is 0 Å². The molecule has 4 heteroatoms. The molecule has 1 aliphatic rings. The first-order chi connectivity index (χ1) is 7.54. The summed E-state index contributed by atoms with van der Waals surface area (Å²) in [6, 6.07) is 5.52. The van der Waals surface area contributed by atoms with E-state index in [9.17, 15) is 13.2 Å². The van der Waals surface area contributed by atoms with Gasteiger partial charge in [-0.2, -0.15) is 13.2 Å². The number of fused-ring (bicyclic) bond motifs is 1. The van der Waals surface area contributed by atoms with Gasteiger partial charge in [-0.3, -0.25) is 0 Å². The van der Waals surface area contributed by atoms with Crippen LogP contribution >= 0.6 is 0 Å². The Hall–Kier alpha value is -1.19. The molecule has 0 radical (unpaired) electrons. The third-order valence-electron chi connectivity index (χ3n) is 2.84. The SMILES string of the molecule is FC(F)(F)CNc1ccc2c(c1)CCCC2. The van der Waals surface area contributed by atoms with Gasteiger partial charge in [0.25, 0.3) is 0 Å². The second-order valence-electron chi connectivity index (χ2n) is 4.16. The second-order valence-corrected chi connectivity index (χ2v) is 4.16. The predicted octanol–water partition coefficient (Wildman–Crippen LogP) is 3.54. The standard InChI is InChI=1S/C12H14F3N/c13-12(14,15)8-16-11-6-5-9-3-1-2-4-10(9)7-11/h5-7,16H,1-4,8H2. The van der Waals surface area contributed by atoms with Crippen LogP contribution in [0.1, 0.15) is 24.0 Å². The van der Waals surface area contributed by atoms with Crippen molar-refractivity contribution in [3.05, 3.63) is 29.3 Å². The fraction of sp³-hybridized carbons (Fsp3) is 0.500. The maximum Gasteiger partial charge on any atom is 0.405 e. The Bertz CT molecular complexity index is 371. The summed E-state index contributed by atoms with van der Waals surface area (Å²) in [7, 11) is 0. The zero-order valence-corrected chi connectivity index (χ0v) is 8.90. The third kappa shape index (κ3) is 2.90. The Balaban J connectivity index is 2.06. The molecule has 0 unspecified atom stereocenters. The van der Waals surface area contributed by atoms with Crippen molar-refractivity contribution in [1.82, 2.24) is 0 Å². The quantitative estimate of drug-likeness (QED) is 0.817. The Morgan fingerprint density at radius 2 is 1.75 bits per heavy atom. The predicted molar refractivity (Wildman–Crippen MR) is 57.6 cm³/mol. The summed E-state index contributed by atoms with van der Waals surface area (Å²) < 4.78 is 36.1. The third-order valence-corrected chi connectivity index (χ3v) is 2.84. The highest BCUT2D eigenvalue weighted by Gasteiger charge is 2.26. The molecular weight excluding hydrogens is 215 g/mol. The highest BCUT2D eigenvalue weighted by atomic mass is 19.4. The van der Waals surface area contributed by atoms with Crippen LogP contribution in [-0.4, -0.2) is 12.7 Å². The van der Waals surface area contributed by atoms with Gasteiger partial charge in [0, 0.05) is 5.69 Å². The summed E-state index contributed by atoms with van der Waals surface area (Å²) in [5.74, 6) is 0. The lowest BCUT2D eigenvalue weighted by Gasteiger charge is -2.17. The molecule has 0 heterocycles. The van der Waals surface area contributed by atoms with Crippen molar-refractivity contribution in [3.8, 4) is 0 Å². The molecule has 2 rings (SSSR count). The van der Waals surface area contributed by atoms with E-state index in [0.29, 0.717) is 5.69 Å². The first-order valence-electron chi connectivity index (χ1n) is 5.47. The number of rotatable bonds is 2. The fourth-order valence-corrected chi connectivity index (χ4v) is 2.05. The summed E-state index contributed by atoms with van der Waals surface area (Å²) in [5, 5.41) is 2.41. The van der Waals surface area contributed by atoms with Gasteiger partial charge in [-0.15, -0.1) is 0 Å². The van der Waals surface area contributed by atoms with Gasteiger partial charge in [-0.25, -0.2) is 0 Å². The van der Waals surface area contributed by atoms with Crippen LogP contribution in [0, 0.1) is 0 Å². The normalized spacial score (nSPS) is 15.7. The van der Waals surface area contributed by atoms with E-state index in [1.54, 1.807) is 6.07 Å². The molecule has 0 aliphatic heterocycles.